The number of rotatable bonds is 7. The van der Waals surface area contributed by atoms with Crippen LogP contribution in [0.2, 0.25) is 0 Å². The van der Waals surface area contributed by atoms with Gasteiger partial charge in [-0.25, -0.2) is 8.42 Å². The molecule has 134 valence electrons. The quantitative estimate of drug-likeness (QED) is 0.597. The van der Waals surface area contributed by atoms with Gasteiger partial charge in [0.05, 0.1) is 23.7 Å². The summed E-state index contributed by atoms with van der Waals surface area (Å²) in [5, 5.41) is 3.91. The van der Waals surface area contributed by atoms with Crippen LogP contribution in [0.1, 0.15) is 22.8 Å². The predicted octanol–water partition coefficient (Wildman–Crippen LogP) is 3.14. The third kappa shape index (κ3) is 3.67. The Morgan fingerprint density at radius 1 is 1.12 bits per heavy atom. The Morgan fingerprint density at radius 2 is 1.88 bits per heavy atom. The first-order valence-corrected chi connectivity index (χ1v) is 9.69. The highest BCUT2D eigenvalue weighted by molar-refractivity contribution is 7.89. The van der Waals surface area contributed by atoms with Gasteiger partial charge in [-0.2, -0.15) is 9.19 Å². The number of benzene rings is 2. The van der Waals surface area contributed by atoms with Crippen molar-refractivity contribution in [3.8, 4) is 16.9 Å². The van der Waals surface area contributed by atoms with Gasteiger partial charge in [0.15, 0.2) is 6.29 Å². The zero-order chi connectivity index (χ0) is 18.6. The summed E-state index contributed by atoms with van der Waals surface area (Å²) in [7, 11) is -3.48. The molecule has 6 nitrogen and oxygen atoms in total. The van der Waals surface area contributed by atoms with Crippen LogP contribution in [0.3, 0.4) is 0 Å². The molecule has 0 unspecified atom stereocenters. The lowest BCUT2D eigenvalue weighted by Crippen LogP contribution is -2.14. The molecule has 0 aliphatic carbocycles. The smallest absolute Gasteiger partial charge is 0.253 e. The standard InChI is InChI=1S/C19H18N2O4S/c1-2-26(23,24)21-12-16(11-20-21)17-9-6-10-19(18(17)13-22)25-14-15-7-4-3-5-8-15/h3-13H,2,14H2,1H3. The van der Waals surface area contributed by atoms with E-state index < -0.39 is 10.0 Å². The number of nitrogens with zero attached hydrogens (tertiary/aromatic N) is 2. The maximum atomic E-state index is 11.9. The zero-order valence-electron chi connectivity index (χ0n) is 14.2. The molecule has 0 bridgehead atoms. The summed E-state index contributed by atoms with van der Waals surface area (Å²) in [4.78, 5) is 11.7. The van der Waals surface area contributed by atoms with Crippen LogP contribution in [0.4, 0.5) is 0 Å². The van der Waals surface area contributed by atoms with Crippen LogP contribution >= 0.6 is 0 Å². The summed E-state index contributed by atoms with van der Waals surface area (Å²) in [5.41, 5.74) is 2.45. The van der Waals surface area contributed by atoms with E-state index in [4.69, 9.17) is 4.74 Å². The Hall–Kier alpha value is -2.93. The topological polar surface area (TPSA) is 78.3 Å². The third-order valence-electron chi connectivity index (χ3n) is 3.94. The van der Waals surface area contributed by atoms with Crippen molar-refractivity contribution >= 4 is 16.3 Å². The fourth-order valence-electron chi connectivity index (χ4n) is 2.51. The van der Waals surface area contributed by atoms with Gasteiger partial charge in [-0.15, -0.1) is 0 Å². The summed E-state index contributed by atoms with van der Waals surface area (Å²) >= 11 is 0. The van der Waals surface area contributed by atoms with Crippen molar-refractivity contribution < 1.29 is 17.9 Å². The number of aromatic nitrogens is 2. The number of carbonyl (C=O) groups is 1. The molecule has 0 spiro atoms. The van der Waals surface area contributed by atoms with E-state index in [-0.39, 0.29) is 5.75 Å². The molecular weight excluding hydrogens is 352 g/mol. The highest BCUT2D eigenvalue weighted by atomic mass is 32.2. The molecule has 0 saturated carbocycles. The summed E-state index contributed by atoms with van der Waals surface area (Å²) in [6, 6.07) is 14.8. The maximum absolute atomic E-state index is 11.9. The van der Waals surface area contributed by atoms with Gasteiger partial charge >= 0.3 is 0 Å². The molecule has 26 heavy (non-hydrogen) atoms. The first kappa shape index (κ1) is 17.9. The van der Waals surface area contributed by atoms with E-state index in [0.717, 1.165) is 9.65 Å². The Kier molecular flexibility index (Phi) is 5.18. The summed E-state index contributed by atoms with van der Waals surface area (Å²) < 4.78 is 30.6. The fraction of sp³-hybridized carbons (Fsp3) is 0.158. The average molecular weight is 370 g/mol. The van der Waals surface area contributed by atoms with E-state index in [2.05, 4.69) is 5.10 Å². The van der Waals surface area contributed by atoms with E-state index in [1.54, 1.807) is 25.1 Å². The number of aldehydes is 1. The SMILES string of the molecule is CCS(=O)(=O)n1cc(-c2cccc(OCc3ccccc3)c2C=O)cn1. The molecule has 0 atom stereocenters. The molecule has 0 N–H and O–H groups in total. The summed E-state index contributed by atoms with van der Waals surface area (Å²) in [6.07, 6.45) is 3.54. The summed E-state index contributed by atoms with van der Waals surface area (Å²) in [5.74, 6) is 0.377. The van der Waals surface area contributed by atoms with Gasteiger partial charge in [0.25, 0.3) is 10.0 Å². The summed E-state index contributed by atoms with van der Waals surface area (Å²) in [6.45, 7) is 1.88. The third-order valence-corrected chi connectivity index (χ3v) is 5.44. The van der Waals surface area contributed by atoms with E-state index >= 15 is 0 Å². The van der Waals surface area contributed by atoms with Crippen molar-refractivity contribution in [1.82, 2.24) is 9.19 Å². The first-order chi connectivity index (χ1) is 12.5. The second kappa shape index (κ2) is 7.53. The van der Waals surface area contributed by atoms with Crippen molar-refractivity contribution in [2.75, 3.05) is 5.75 Å². The Labute approximate surface area is 152 Å². The van der Waals surface area contributed by atoms with Crippen molar-refractivity contribution in [3.05, 3.63) is 72.1 Å². The van der Waals surface area contributed by atoms with Gasteiger partial charge in [-0.1, -0.05) is 42.5 Å². The Bertz CT molecular complexity index is 1010. The highest BCUT2D eigenvalue weighted by Gasteiger charge is 2.16. The molecule has 1 heterocycles. The molecule has 7 heteroatoms. The Balaban J connectivity index is 1.93. The number of hydrogen-bond donors (Lipinski definition) is 0. The fourth-order valence-corrected chi connectivity index (χ4v) is 3.24. The monoisotopic (exact) mass is 370 g/mol. The van der Waals surface area contributed by atoms with Crippen molar-refractivity contribution in [2.24, 2.45) is 0 Å². The van der Waals surface area contributed by atoms with Crippen LogP contribution < -0.4 is 4.74 Å². The molecular formula is C19H18N2O4S. The Morgan fingerprint density at radius 3 is 2.58 bits per heavy atom. The lowest BCUT2D eigenvalue weighted by Gasteiger charge is -2.11. The average Bonchev–Trinajstić information content (AvgIpc) is 3.17. The predicted molar refractivity (Wildman–Crippen MR) is 98.7 cm³/mol. The highest BCUT2D eigenvalue weighted by Crippen LogP contribution is 2.30. The molecule has 3 aromatic rings. The van der Waals surface area contributed by atoms with Crippen molar-refractivity contribution in [2.45, 2.75) is 13.5 Å². The van der Waals surface area contributed by atoms with Crippen molar-refractivity contribution in [3.63, 3.8) is 0 Å². The number of ether oxygens (including phenoxy) is 1. The van der Waals surface area contributed by atoms with E-state index in [9.17, 15) is 13.2 Å². The molecule has 1 aromatic heterocycles. The van der Waals surface area contributed by atoms with Gasteiger partial charge in [0, 0.05) is 5.56 Å². The number of carbonyl (C=O) groups excluding carboxylic acids is 1. The van der Waals surface area contributed by atoms with Crippen LogP contribution in [0.15, 0.2) is 60.9 Å². The second-order valence-electron chi connectivity index (χ2n) is 5.61. The zero-order valence-corrected chi connectivity index (χ0v) is 15.0. The molecule has 0 fully saturated rings. The van der Waals surface area contributed by atoms with E-state index in [1.807, 2.05) is 30.3 Å². The van der Waals surface area contributed by atoms with E-state index in [1.165, 1.54) is 12.4 Å². The molecule has 0 aliphatic heterocycles. The van der Waals surface area contributed by atoms with E-state index in [0.29, 0.717) is 35.3 Å². The molecule has 0 amide bonds. The van der Waals surface area contributed by atoms with Crippen LogP contribution in [-0.2, 0) is 16.6 Å². The minimum atomic E-state index is -3.48. The minimum absolute atomic E-state index is 0.0606. The van der Waals surface area contributed by atoms with Gasteiger partial charge in [-0.3, -0.25) is 4.79 Å². The largest absolute Gasteiger partial charge is 0.488 e. The molecule has 0 saturated heterocycles. The first-order valence-electron chi connectivity index (χ1n) is 8.08. The maximum Gasteiger partial charge on any atom is 0.253 e. The van der Waals surface area contributed by atoms with Gasteiger partial charge in [0.2, 0.25) is 0 Å². The normalized spacial score (nSPS) is 11.3. The van der Waals surface area contributed by atoms with Crippen LogP contribution in [0.5, 0.6) is 5.75 Å². The molecule has 0 aliphatic rings. The lowest BCUT2D eigenvalue weighted by atomic mass is 10.0. The van der Waals surface area contributed by atoms with Gasteiger partial charge < -0.3 is 4.74 Å². The number of hydrogen-bond acceptors (Lipinski definition) is 5. The van der Waals surface area contributed by atoms with Crippen LogP contribution in [-0.4, -0.2) is 29.6 Å². The second-order valence-corrected chi connectivity index (χ2v) is 7.73. The molecule has 0 radical (unpaired) electrons. The minimum Gasteiger partial charge on any atom is -0.488 e. The van der Waals surface area contributed by atoms with Gasteiger partial charge in [-0.05, 0) is 24.1 Å². The van der Waals surface area contributed by atoms with Crippen molar-refractivity contribution in [1.29, 1.82) is 0 Å². The van der Waals surface area contributed by atoms with Gasteiger partial charge in [0.1, 0.15) is 12.4 Å². The van der Waals surface area contributed by atoms with Crippen LogP contribution in [0, 0.1) is 0 Å². The molecule has 3 rings (SSSR count). The van der Waals surface area contributed by atoms with Crippen LogP contribution in [0.25, 0.3) is 11.1 Å². The lowest BCUT2D eigenvalue weighted by molar-refractivity contribution is 0.111. The molecule has 2 aromatic carbocycles.